The Morgan fingerprint density at radius 2 is 1.96 bits per heavy atom. The molecule has 2 rings (SSSR count). The van der Waals surface area contributed by atoms with Gasteiger partial charge in [-0.15, -0.1) is 35.3 Å². The molecule has 2 aromatic rings. The van der Waals surface area contributed by atoms with Crippen LogP contribution in [0.15, 0.2) is 29.3 Å². The van der Waals surface area contributed by atoms with E-state index in [9.17, 15) is 0 Å². The smallest absolute Gasteiger partial charge is 0.194 e. The number of benzene rings is 1. The minimum absolute atomic E-state index is 0. The largest absolute Gasteiger partial charge is 0.497 e. The molecule has 0 bridgehead atoms. The molecule has 0 saturated carbocycles. The van der Waals surface area contributed by atoms with Crippen molar-refractivity contribution in [1.82, 2.24) is 15.2 Å². The van der Waals surface area contributed by atoms with Crippen LogP contribution in [0.2, 0.25) is 0 Å². The third kappa shape index (κ3) is 6.47. The van der Waals surface area contributed by atoms with Crippen LogP contribution in [-0.2, 0) is 13.1 Å². The van der Waals surface area contributed by atoms with E-state index in [1.165, 1.54) is 10.4 Å². The second kappa shape index (κ2) is 10.6. The molecule has 138 valence electrons. The van der Waals surface area contributed by atoms with Gasteiger partial charge in [-0.2, -0.15) is 0 Å². The van der Waals surface area contributed by atoms with Gasteiger partial charge < -0.3 is 15.0 Å². The zero-order valence-corrected chi connectivity index (χ0v) is 18.6. The van der Waals surface area contributed by atoms with E-state index in [1.807, 2.05) is 26.0 Å². The summed E-state index contributed by atoms with van der Waals surface area (Å²) in [6, 6.07) is 8.12. The highest BCUT2D eigenvalue weighted by molar-refractivity contribution is 14.0. The lowest BCUT2D eigenvalue weighted by molar-refractivity contribution is 0.414. The Hall–Kier alpha value is -1.35. The van der Waals surface area contributed by atoms with Crippen LogP contribution in [0.4, 0.5) is 0 Å². The normalized spacial score (nSPS) is 11.0. The van der Waals surface area contributed by atoms with Crippen LogP contribution in [0.3, 0.4) is 0 Å². The van der Waals surface area contributed by atoms with E-state index in [4.69, 9.17) is 9.73 Å². The van der Waals surface area contributed by atoms with Crippen LogP contribution in [0.25, 0.3) is 0 Å². The molecule has 5 nitrogen and oxygen atoms in total. The van der Waals surface area contributed by atoms with Crippen molar-refractivity contribution in [1.29, 1.82) is 0 Å². The molecular weight excluding hydrogens is 447 g/mol. The molecule has 0 amide bonds. The first-order valence-corrected chi connectivity index (χ1v) is 8.90. The number of nitrogens with zero attached hydrogens (tertiary/aromatic N) is 3. The first-order valence-electron chi connectivity index (χ1n) is 8.08. The SMILES string of the molecule is CCNC(=NCc1sc(C)nc1C)N(C)Cc1ccc(OC)cc1.I. The molecule has 0 aliphatic carbocycles. The van der Waals surface area contributed by atoms with Crippen LogP contribution in [0.5, 0.6) is 5.75 Å². The summed E-state index contributed by atoms with van der Waals surface area (Å²) < 4.78 is 5.21. The monoisotopic (exact) mass is 474 g/mol. The summed E-state index contributed by atoms with van der Waals surface area (Å²) in [4.78, 5) is 12.6. The molecule has 1 N–H and O–H groups in total. The minimum Gasteiger partial charge on any atom is -0.497 e. The van der Waals surface area contributed by atoms with E-state index in [0.29, 0.717) is 6.54 Å². The van der Waals surface area contributed by atoms with Gasteiger partial charge in [0.25, 0.3) is 0 Å². The molecule has 0 aliphatic heterocycles. The Morgan fingerprint density at radius 1 is 1.28 bits per heavy atom. The molecule has 0 spiro atoms. The number of methoxy groups -OCH3 is 1. The molecule has 1 heterocycles. The number of halogens is 1. The van der Waals surface area contributed by atoms with Crippen molar-refractivity contribution in [2.75, 3.05) is 20.7 Å². The van der Waals surface area contributed by atoms with Gasteiger partial charge in [0.1, 0.15) is 5.75 Å². The average Bonchev–Trinajstić information content (AvgIpc) is 2.89. The number of thiazole rings is 1. The Kier molecular flexibility index (Phi) is 9.20. The van der Waals surface area contributed by atoms with Gasteiger partial charge in [-0.05, 0) is 38.5 Å². The first kappa shape index (κ1) is 21.7. The molecule has 7 heteroatoms. The van der Waals surface area contributed by atoms with Gasteiger partial charge in [0.2, 0.25) is 0 Å². The van der Waals surface area contributed by atoms with Gasteiger partial charge >= 0.3 is 0 Å². The Balaban J connectivity index is 0.00000312. The van der Waals surface area contributed by atoms with E-state index in [0.717, 1.165) is 35.5 Å². The van der Waals surface area contributed by atoms with Crippen molar-refractivity contribution in [3.63, 3.8) is 0 Å². The highest BCUT2D eigenvalue weighted by atomic mass is 127. The molecule has 0 radical (unpaired) electrons. The molecule has 0 fully saturated rings. The first-order chi connectivity index (χ1) is 11.5. The van der Waals surface area contributed by atoms with E-state index < -0.39 is 0 Å². The summed E-state index contributed by atoms with van der Waals surface area (Å²) in [7, 11) is 3.73. The van der Waals surface area contributed by atoms with Crippen molar-refractivity contribution in [2.45, 2.75) is 33.9 Å². The molecular formula is C18H27IN4OS. The third-order valence-corrected chi connectivity index (χ3v) is 4.70. The van der Waals surface area contributed by atoms with Gasteiger partial charge in [-0.1, -0.05) is 12.1 Å². The number of hydrogen-bond donors (Lipinski definition) is 1. The van der Waals surface area contributed by atoms with Crippen molar-refractivity contribution in [3.8, 4) is 5.75 Å². The molecule has 0 aliphatic rings. The predicted octanol–water partition coefficient (Wildman–Crippen LogP) is 3.98. The topological polar surface area (TPSA) is 49.8 Å². The molecule has 1 aromatic heterocycles. The summed E-state index contributed by atoms with van der Waals surface area (Å²) >= 11 is 1.72. The fraction of sp³-hybridized carbons (Fsp3) is 0.444. The lowest BCUT2D eigenvalue weighted by atomic mass is 10.2. The number of aryl methyl sites for hydroxylation is 2. The summed E-state index contributed by atoms with van der Waals surface area (Å²) in [5.74, 6) is 1.77. The Labute approximate surface area is 171 Å². The average molecular weight is 474 g/mol. The summed E-state index contributed by atoms with van der Waals surface area (Å²) in [5, 5.41) is 4.45. The van der Waals surface area contributed by atoms with Gasteiger partial charge in [0.15, 0.2) is 5.96 Å². The zero-order valence-electron chi connectivity index (χ0n) is 15.5. The fourth-order valence-corrected chi connectivity index (χ4v) is 3.28. The second-order valence-electron chi connectivity index (χ2n) is 5.62. The van der Waals surface area contributed by atoms with Gasteiger partial charge in [0.05, 0.1) is 24.4 Å². The lowest BCUT2D eigenvalue weighted by Gasteiger charge is -2.22. The number of guanidine groups is 1. The van der Waals surface area contributed by atoms with E-state index in [1.54, 1.807) is 18.4 Å². The Bertz CT molecular complexity index is 685. The highest BCUT2D eigenvalue weighted by Gasteiger charge is 2.09. The summed E-state index contributed by atoms with van der Waals surface area (Å²) in [6.45, 7) is 8.45. The lowest BCUT2D eigenvalue weighted by Crippen LogP contribution is -2.38. The standard InChI is InChI=1S/C18H26N4OS.HI/c1-6-19-18(20-11-17-13(2)21-14(3)24-17)22(4)12-15-7-9-16(23-5)10-8-15;/h7-10H,6,11-12H2,1-5H3,(H,19,20);1H. The van der Waals surface area contributed by atoms with Crippen molar-refractivity contribution in [2.24, 2.45) is 4.99 Å². The second-order valence-corrected chi connectivity index (χ2v) is 6.90. The highest BCUT2D eigenvalue weighted by Crippen LogP contribution is 2.18. The molecule has 0 atom stereocenters. The predicted molar refractivity (Wildman–Crippen MR) is 116 cm³/mol. The Morgan fingerprint density at radius 3 is 2.48 bits per heavy atom. The molecule has 25 heavy (non-hydrogen) atoms. The van der Waals surface area contributed by atoms with E-state index in [2.05, 4.69) is 41.3 Å². The third-order valence-electron chi connectivity index (χ3n) is 3.65. The van der Waals surface area contributed by atoms with Crippen molar-refractivity contribution >= 4 is 41.3 Å². The molecule has 0 unspecified atom stereocenters. The fourth-order valence-electron chi connectivity index (χ4n) is 2.42. The van der Waals surface area contributed by atoms with E-state index >= 15 is 0 Å². The van der Waals surface area contributed by atoms with Crippen molar-refractivity contribution < 1.29 is 4.74 Å². The van der Waals surface area contributed by atoms with Crippen LogP contribution in [0.1, 0.15) is 28.1 Å². The maximum absolute atomic E-state index is 5.21. The quantitative estimate of drug-likeness (QED) is 0.391. The van der Waals surface area contributed by atoms with Gasteiger partial charge in [-0.3, -0.25) is 0 Å². The summed E-state index contributed by atoms with van der Waals surface area (Å²) in [5.41, 5.74) is 2.30. The van der Waals surface area contributed by atoms with Crippen LogP contribution in [0, 0.1) is 13.8 Å². The number of ether oxygens (including phenoxy) is 1. The number of rotatable bonds is 6. The maximum Gasteiger partial charge on any atom is 0.194 e. The van der Waals surface area contributed by atoms with Crippen LogP contribution in [-0.4, -0.2) is 36.5 Å². The van der Waals surface area contributed by atoms with E-state index in [-0.39, 0.29) is 24.0 Å². The van der Waals surface area contributed by atoms with Crippen LogP contribution >= 0.6 is 35.3 Å². The van der Waals surface area contributed by atoms with Gasteiger partial charge in [-0.25, -0.2) is 9.98 Å². The zero-order chi connectivity index (χ0) is 17.5. The molecule has 0 saturated heterocycles. The number of aliphatic imine (C=N–C) groups is 1. The summed E-state index contributed by atoms with van der Waals surface area (Å²) in [6.07, 6.45) is 0. The van der Waals surface area contributed by atoms with Crippen LogP contribution < -0.4 is 10.1 Å². The number of aromatic nitrogens is 1. The van der Waals surface area contributed by atoms with Crippen molar-refractivity contribution in [3.05, 3.63) is 45.4 Å². The van der Waals surface area contributed by atoms with Gasteiger partial charge in [0, 0.05) is 25.0 Å². The minimum atomic E-state index is 0. The maximum atomic E-state index is 5.21. The molecule has 1 aromatic carbocycles. The number of nitrogens with one attached hydrogen (secondary N) is 1. The number of hydrogen-bond acceptors (Lipinski definition) is 4.